The van der Waals surface area contributed by atoms with Crippen molar-refractivity contribution in [2.45, 2.75) is 45.8 Å². The Morgan fingerprint density at radius 1 is 0.894 bits per heavy atom. The zero-order valence-electron chi connectivity index (χ0n) is 26.5. The van der Waals surface area contributed by atoms with E-state index < -0.39 is 10.0 Å². The van der Waals surface area contributed by atoms with E-state index in [1.165, 1.54) is 5.56 Å². The number of sulfonamides is 1. The summed E-state index contributed by atoms with van der Waals surface area (Å²) in [5, 5.41) is 3.04. The minimum atomic E-state index is -3.32. The number of piperidine rings is 1. The second kappa shape index (κ2) is 18.1. The van der Waals surface area contributed by atoms with Gasteiger partial charge in [0.05, 0.1) is 30.4 Å². The van der Waals surface area contributed by atoms with Gasteiger partial charge in [-0.1, -0.05) is 18.2 Å². The van der Waals surface area contributed by atoms with Crippen LogP contribution in [0.4, 0.5) is 16.2 Å². The van der Waals surface area contributed by atoms with Crippen LogP contribution in [0.1, 0.15) is 35.4 Å². The Balaban J connectivity index is 0.00000256. The first kappa shape index (κ1) is 39.6. The molecule has 4 aromatic rings. The highest BCUT2D eigenvalue weighted by molar-refractivity contribution is 7.92. The Morgan fingerprint density at radius 3 is 2.09 bits per heavy atom. The number of carbonyl (C=O) groups is 1. The first-order valence-corrected chi connectivity index (χ1v) is 16.5. The topological polar surface area (TPSA) is 117 Å². The van der Waals surface area contributed by atoms with Gasteiger partial charge in [-0.3, -0.25) is 19.6 Å². The number of halogens is 3. The number of aryl methyl sites for hydroxylation is 2. The average Bonchev–Trinajstić information content (AvgIpc) is 3.00. The molecule has 1 saturated heterocycles. The number of hydrogen-bond acceptors (Lipinski definition) is 7. The Hall–Kier alpha value is -3.61. The van der Waals surface area contributed by atoms with Gasteiger partial charge in [-0.25, -0.2) is 13.2 Å². The molecular formula is C33H41Cl3N6O4S. The molecule has 0 aliphatic carbocycles. The van der Waals surface area contributed by atoms with Crippen LogP contribution in [-0.2, 0) is 23.1 Å². The number of urea groups is 1. The number of ether oxygens (including phenoxy) is 1. The van der Waals surface area contributed by atoms with Gasteiger partial charge in [-0.15, -0.1) is 37.2 Å². The fourth-order valence-electron chi connectivity index (χ4n) is 5.20. The molecule has 10 nitrogen and oxygen atoms in total. The van der Waals surface area contributed by atoms with Crippen LogP contribution in [0.2, 0.25) is 0 Å². The lowest BCUT2D eigenvalue weighted by molar-refractivity contribution is 0.119. The largest absolute Gasteiger partial charge is 0.457 e. The van der Waals surface area contributed by atoms with Gasteiger partial charge in [0.15, 0.2) is 0 Å². The number of rotatable bonds is 10. The van der Waals surface area contributed by atoms with Crippen molar-refractivity contribution in [1.29, 1.82) is 0 Å². The molecular weight excluding hydrogens is 683 g/mol. The highest BCUT2D eigenvalue weighted by atomic mass is 35.5. The molecule has 254 valence electrons. The number of amides is 2. The smallest absolute Gasteiger partial charge is 0.322 e. The Bertz CT molecular complexity index is 1670. The van der Waals surface area contributed by atoms with Crippen LogP contribution in [0.5, 0.6) is 11.5 Å². The maximum atomic E-state index is 13.5. The maximum Gasteiger partial charge on any atom is 0.322 e. The van der Waals surface area contributed by atoms with Crippen molar-refractivity contribution in [3.8, 4) is 11.5 Å². The van der Waals surface area contributed by atoms with E-state index in [0.29, 0.717) is 29.4 Å². The normalized spacial score (nSPS) is 13.3. The average molecular weight is 724 g/mol. The molecule has 0 atom stereocenters. The number of likely N-dealkylation sites (tertiary alicyclic amines) is 1. The second-order valence-electron chi connectivity index (χ2n) is 11.2. The lowest BCUT2D eigenvalue weighted by Crippen LogP contribution is -2.48. The van der Waals surface area contributed by atoms with Gasteiger partial charge >= 0.3 is 6.03 Å². The number of pyridine rings is 2. The zero-order chi connectivity index (χ0) is 31.1. The SMILES string of the molecule is Cc1ccc(NC(=O)N(Cc2ncccc2C)C2CCN(Cc3ccc(Oc4ccc(NS(C)(=O)=O)cc4)cc3)CC2)cn1.Cl.Cl.Cl. The minimum absolute atomic E-state index is 0. The van der Waals surface area contributed by atoms with Crippen LogP contribution in [0, 0.1) is 13.8 Å². The van der Waals surface area contributed by atoms with E-state index >= 15 is 0 Å². The molecule has 0 spiro atoms. The summed E-state index contributed by atoms with van der Waals surface area (Å²) in [5.41, 5.74) is 5.19. The van der Waals surface area contributed by atoms with Crippen LogP contribution in [0.3, 0.4) is 0 Å². The second-order valence-corrected chi connectivity index (χ2v) is 12.9. The van der Waals surface area contributed by atoms with Crippen molar-refractivity contribution in [1.82, 2.24) is 19.8 Å². The first-order valence-electron chi connectivity index (χ1n) is 14.6. The third-order valence-electron chi connectivity index (χ3n) is 7.58. The van der Waals surface area contributed by atoms with Crippen LogP contribution in [0.25, 0.3) is 0 Å². The summed E-state index contributed by atoms with van der Waals surface area (Å²) in [4.78, 5) is 26.7. The predicted octanol–water partition coefficient (Wildman–Crippen LogP) is 7.22. The molecule has 0 bridgehead atoms. The molecule has 47 heavy (non-hydrogen) atoms. The van der Waals surface area contributed by atoms with Gasteiger partial charge in [0, 0.05) is 43.3 Å². The molecule has 1 aliphatic rings. The van der Waals surface area contributed by atoms with Crippen molar-refractivity contribution >= 4 is 64.7 Å². The molecule has 2 N–H and O–H groups in total. The zero-order valence-corrected chi connectivity index (χ0v) is 29.7. The third-order valence-corrected chi connectivity index (χ3v) is 8.19. The van der Waals surface area contributed by atoms with E-state index in [4.69, 9.17) is 4.74 Å². The van der Waals surface area contributed by atoms with Gasteiger partial charge in [0.1, 0.15) is 11.5 Å². The van der Waals surface area contributed by atoms with E-state index in [1.807, 2.05) is 55.1 Å². The summed E-state index contributed by atoms with van der Waals surface area (Å²) in [5.74, 6) is 1.32. The van der Waals surface area contributed by atoms with E-state index in [0.717, 1.165) is 55.7 Å². The highest BCUT2D eigenvalue weighted by Crippen LogP contribution is 2.26. The minimum Gasteiger partial charge on any atom is -0.457 e. The van der Waals surface area contributed by atoms with E-state index in [-0.39, 0.29) is 49.3 Å². The summed E-state index contributed by atoms with van der Waals surface area (Å²) in [7, 11) is -3.32. The lowest BCUT2D eigenvalue weighted by Gasteiger charge is -2.38. The van der Waals surface area contributed by atoms with Crippen LogP contribution in [0.15, 0.2) is 85.2 Å². The number of nitrogens with zero attached hydrogens (tertiary/aromatic N) is 4. The monoisotopic (exact) mass is 722 g/mol. The molecule has 2 amide bonds. The van der Waals surface area contributed by atoms with Crippen LogP contribution in [-0.4, -0.2) is 59.6 Å². The number of hydrogen-bond donors (Lipinski definition) is 2. The number of aromatic nitrogens is 2. The van der Waals surface area contributed by atoms with E-state index in [1.54, 1.807) is 36.7 Å². The third kappa shape index (κ3) is 11.9. The molecule has 5 rings (SSSR count). The van der Waals surface area contributed by atoms with Gasteiger partial charge in [-0.2, -0.15) is 0 Å². The maximum absolute atomic E-state index is 13.5. The van der Waals surface area contributed by atoms with Crippen molar-refractivity contribution in [3.63, 3.8) is 0 Å². The Kier molecular flexibility index (Phi) is 15.2. The van der Waals surface area contributed by atoms with E-state index in [2.05, 4.69) is 37.0 Å². The molecule has 1 fully saturated rings. The van der Waals surface area contributed by atoms with Crippen LogP contribution >= 0.6 is 37.2 Å². The summed E-state index contributed by atoms with van der Waals surface area (Å²) in [6.07, 6.45) is 6.29. The standard InChI is InChI=1S/C33H38N6O4S.3ClH/c1-24-5-4-18-34-32(24)23-39(33(40)36-28-9-6-25(2)35-21-28)29-16-19-38(20-17-29)22-26-7-12-30(13-8-26)43-31-14-10-27(11-15-31)37-44(3,41)42;;;/h4-15,18,21,29,37H,16-17,19-20,22-23H2,1-3H3,(H,36,40);3*1H. The van der Waals surface area contributed by atoms with Crippen molar-refractivity contribution < 1.29 is 17.9 Å². The summed E-state index contributed by atoms with van der Waals surface area (Å²) in [6.45, 7) is 6.93. The number of benzene rings is 2. The van der Waals surface area contributed by atoms with E-state index in [9.17, 15) is 13.2 Å². The quantitative estimate of drug-likeness (QED) is 0.178. The molecule has 2 aromatic heterocycles. The summed E-state index contributed by atoms with van der Waals surface area (Å²) < 4.78 is 31.2. The predicted molar refractivity (Wildman–Crippen MR) is 194 cm³/mol. The molecule has 0 radical (unpaired) electrons. The first-order chi connectivity index (χ1) is 21.1. The number of anilines is 2. The molecule has 3 heterocycles. The van der Waals surface area contributed by atoms with Crippen molar-refractivity contribution in [2.75, 3.05) is 29.4 Å². The van der Waals surface area contributed by atoms with Gasteiger partial charge in [0.25, 0.3) is 0 Å². The van der Waals surface area contributed by atoms with Crippen molar-refractivity contribution in [2.24, 2.45) is 0 Å². The van der Waals surface area contributed by atoms with Crippen molar-refractivity contribution in [3.05, 3.63) is 108 Å². The lowest BCUT2D eigenvalue weighted by atomic mass is 10.0. The number of nitrogens with one attached hydrogen (secondary N) is 2. The Morgan fingerprint density at radius 2 is 1.51 bits per heavy atom. The fraction of sp³-hybridized carbons (Fsp3) is 0.303. The highest BCUT2D eigenvalue weighted by Gasteiger charge is 2.29. The fourth-order valence-corrected chi connectivity index (χ4v) is 5.76. The molecule has 1 aliphatic heterocycles. The molecule has 0 unspecified atom stereocenters. The molecule has 0 saturated carbocycles. The summed E-state index contributed by atoms with van der Waals surface area (Å²) >= 11 is 0. The van der Waals surface area contributed by atoms with Gasteiger partial charge < -0.3 is 15.0 Å². The van der Waals surface area contributed by atoms with Gasteiger partial charge in [-0.05, 0) is 92.4 Å². The molecule has 14 heteroatoms. The summed E-state index contributed by atoms with van der Waals surface area (Å²) in [6, 6.07) is 22.4. The number of carbonyl (C=O) groups excluding carboxylic acids is 1. The van der Waals surface area contributed by atoms with Crippen LogP contribution < -0.4 is 14.8 Å². The molecule has 2 aromatic carbocycles. The Labute approximate surface area is 295 Å². The van der Waals surface area contributed by atoms with Gasteiger partial charge in [0.2, 0.25) is 10.0 Å².